The molecule has 0 radical (unpaired) electrons. The van der Waals surface area contributed by atoms with Gasteiger partial charge in [-0.3, -0.25) is 0 Å². The van der Waals surface area contributed by atoms with Crippen molar-refractivity contribution in [2.24, 2.45) is 5.73 Å². The summed E-state index contributed by atoms with van der Waals surface area (Å²) >= 11 is 1.59. The Hall–Kier alpha value is -1.26. The van der Waals surface area contributed by atoms with Gasteiger partial charge in [0.25, 0.3) is 0 Å². The second-order valence-electron chi connectivity index (χ2n) is 3.92. The lowest BCUT2D eigenvalue weighted by Gasteiger charge is -2.07. The van der Waals surface area contributed by atoms with Gasteiger partial charge in [-0.2, -0.15) is 0 Å². The number of nitrogens with two attached hydrogens (primary N) is 1. The zero-order chi connectivity index (χ0) is 12.3. The molecule has 1 aromatic carbocycles. The maximum absolute atomic E-state index is 13.1. The number of thiazole rings is 1. The van der Waals surface area contributed by atoms with Crippen molar-refractivity contribution in [3.05, 3.63) is 40.5 Å². The molecule has 17 heavy (non-hydrogen) atoms. The number of nitrogens with zero attached hydrogens (tertiary/aromatic N) is 1. The fourth-order valence-corrected chi connectivity index (χ4v) is 2.73. The number of rotatable bonds is 4. The summed E-state index contributed by atoms with van der Waals surface area (Å²) in [6.07, 6.45) is 0.979. The first-order valence-electron chi connectivity index (χ1n) is 5.66. The number of hydrogen-bond acceptors (Lipinski definition) is 3. The van der Waals surface area contributed by atoms with Gasteiger partial charge in [0.15, 0.2) is 0 Å². The Kier molecular flexibility index (Phi) is 3.86. The second-order valence-corrected chi connectivity index (χ2v) is 4.81. The van der Waals surface area contributed by atoms with Gasteiger partial charge in [0, 0.05) is 23.4 Å². The molecule has 0 saturated carbocycles. The van der Waals surface area contributed by atoms with Gasteiger partial charge < -0.3 is 5.73 Å². The first-order valence-corrected chi connectivity index (χ1v) is 6.54. The third-order valence-corrected chi connectivity index (χ3v) is 3.78. The van der Waals surface area contributed by atoms with E-state index in [1.165, 1.54) is 12.1 Å². The van der Waals surface area contributed by atoms with Crippen molar-refractivity contribution in [1.82, 2.24) is 4.98 Å². The molecule has 0 bridgehead atoms. The summed E-state index contributed by atoms with van der Waals surface area (Å²) in [7, 11) is 0. The average molecular weight is 250 g/mol. The largest absolute Gasteiger partial charge is 0.330 e. The molecule has 0 fully saturated rings. The standard InChI is InChI=1S/C13H15FN2S/c1-2-9(7-15)13-16-12(8-17-13)10-4-3-5-11(14)6-10/h3-6,8-9H,2,7,15H2,1H3. The summed E-state index contributed by atoms with van der Waals surface area (Å²) in [6.45, 7) is 2.70. The SMILES string of the molecule is CCC(CN)c1nc(-c2cccc(F)c2)cs1. The Balaban J connectivity index is 2.29. The van der Waals surface area contributed by atoms with Crippen LogP contribution >= 0.6 is 11.3 Å². The molecule has 90 valence electrons. The lowest BCUT2D eigenvalue weighted by atomic mass is 10.1. The van der Waals surface area contributed by atoms with Gasteiger partial charge in [-0.1, -0.05) is 19.1 Å². The van der Waals surface area contributed by atoms with Crippen LogP contribution in [0.15, 0.2) is 29.6 Å². The Morgan fingerprint density at radius 2 is 2.29 bits per heavy atom. The molecule has 1 aromatic heterocycles. The second kappa shape index (κ2) is 5.38. The van der Waals surface area contributed by atoms with Gasteiger partial charge in [-0.15, -0.1) is 11.3 Å². The normalized spacial score (nSPS) is 12.6. The minimum atomic E-state index is -0.233. The highest BCUT2D eigenvalue weighted by Crippen LogP contribution is 2.27. The third-order valence-electron chi connectivity index (χ3n) is 2.77. The maximum atomic E-state index is 13.1. The van der Waals surface area contributed by atoms with Crippen molar-refractivity contribution < 1.29 is 4.39 Å². The van der Waals surface area contributed by atoms with Crippen molar-refractivity contribution >= 4 is 11.3 Å². The highest BCUT2D eigenvalue weighted by molar-refractivity contribution is 7.10. The predicted molar refractivity (Wildman–Crippen MR) is 69.6 cm³/mol. The summed E-state index contributed by atoms with van der Waals surface area (Å²) in [5.41, 5.74) is 7.34. The van der Waals surface area contributed by atoms with Crippen molar-refractivity contribution in [1.29, 1.82) is 0 Å². The quantitative estimate of drug-likeness (QED) is 0.903. The number of hydrogen-bond donors (Lipinski definition) is 1. The molecule has 2 N–H and O–H groups in total. The van der Waals surface area contributed by atoms with Gasteiger partial charge in [0.05, 0.1) is 10.7 Å². The Morgan fingerprint density at radius 1 is 1.47 bits per heavy atom. The topological polar surface area (TPSA) is 38.9 Å². The minimum Gasteiger partial charge on any atom is -0.330 e. The van der Waals surface area contributed by atoms with Crippen LogP contribution in [-0.2, 0) is 0 Å². The van der Waals surface area contributed by atoms with Crippen LogP contribution in [-0.4, -0.2) is 11.5 Å². The van der Waals surface area contributed by atoms with Gasteiger partial charge in [-0.05, 0) is 18.6 Å². The van der Waals surface area contributed by atoms with E-state index >= 15 is 0 Å². The minimum absolute atomic E-state index is 0.233. The Bertz CT molecular complexity index is 492. The number of aromatic nitrogens is 1. The lowest BCUT2D eigenvalue weighted by Crippen LogP contribution is -2.11. The molecule has 1 atom stereocenters. The molecule has 1 heterocycles. The molecule has 0 amide bonds. The van der Waals surface area contributed by atoms with Crippen molar-refractivity contribution in [3.63, 3.8) is 0 Å². The summed E-state index contributed by atoms with van der Waals surface area (Å²) < 4.78 is 13.1. The summed E-state index contributed by atoms with van der Waals surface area (Å²) in [5.74, 6) is 0.0743. The fourth-order valence-electron chi connectivity index (χ4n) is 1.70. The van der Waals surface area contributed by atoms with Crippen LogP contribution in [0.3, 0.4) is 0 Å². The first kappa shape index (κ1) is 12.2. The van der Waals surface area contributed by atoms with Crippen LogP contribution in [0.1, 0.15) is 24.3 Å². The van der Waals surface area contributed by atoms with E-state index in [0.717, 1.165) is 22.7 Å². The molecule has 0 aliphatic carbocycles. The van der Waals surface area contributed by atoms with Crippen LogP contribution in [0.2, 0.25) is 0 Å². The van der Waals surface area contributed by atoms with E-state index in [9.17, 15) is 4.39 Å². The number of benzene rings is 1. The van der Waals surface area contributed by atoms with E-state index in [0.29, 0.717) is 12.5 Å². The molecule has 2 rings (SSSR count). The molecule has 1 unspecified atom stereocenters. The van der Waals surface area contributed by atoms with Crippen molar-refractivity contribution in [2.75, 3.05) is 6.54 Å². The van der Waals surface area contributed by atoms with Crippen LogP contribution in [0.4, 0.5) is 4.39 Å². The van der Waals surface area contributed by atoms with Crippen LogP contribution in [0.25, 0.3) is 11.3 Å². The summed E-state index contributed by atoms with van der Waals surface area (Å²) in [5, 5.41) is 3.00. The zero-order valence-corrected chi connectivity index (χ0v) is 10.5. The highest BCUT2D eigenvalue weighted by atomic mass is 32.1. The Morgan fingerprint density at radius 3 is 2.94 bits per heavy atom. The highest BCUT2D eigenvalue weighted by Gasteiger charge is 2.12. The van der Waals surface area contributed by atoms with E-state index in [1.807, 2.05) is 11.4 Å². The van der Waals surface area contributed by atoms with E-state index < -0.39 is 0 Å². The van der Waals surface area contributed by atoms with Gasteiger partial charge in [0.1, 0.15) is 5.82 Å². The molecule has 4 heteroatoms. The van der Waals surface area contributed by atoms with E-state index in [4.69, 9.17) is 5.73 Å². The molecular formula is C13H15FN2S. The lowest BCUT2D eigenvalue weighted by molar-refractivity contribution is 0.628. The first-order chi connectivity index (χ1) is 8.24. The molecule has 0 spiro atoms. The number of halogens is 1. The molecular weight excluding hydrogens is 235 g/mol. The fraction of sp³-hybridized carbons (Fsp3) is 0.308. The summed E-state index contributed by atoms with van der Waals surface area (Å²) in [6, 6.07) is 6.50. The monoisotopic (exact) mass is 250 g/mol. The van der Waals surface area contributed by atoms with Crippen molar-refractivity contribution in [3.8, 4) is 11.3 Å². The van der Waals surface area contributed by atoms with Crippen LogP contribution in [0, 0.1) is 5.82 Å². The maximum Gasteiger partial charge on any atom is 0.123 e. The van der Waals surface area contributed by atoms with E-state index in [-0.39, 0.29) is 5.82 Å². The van der Waals surface area contributed by atoms with Gasteiger partial charge in [0.2, 0.25) is 0 Å². The van der Waals surface area contributed by atoms with E-state index in [1.54, 1.807) is 17.4 Å². The summed E-state index contributed by atoms with van der Waals surface area (Å²) in [4.78, 5) is 4.54. The molecule has 2 nitrogen and oxygen atoms in total. The van der Waals surface area contributed by atoms with Crippen LogP contribution in [0.5, 0.6) is 0 Å². The smallest absolute Gasteiger partial charge is 0.123 e. The molecule has 0 saturated heterocycles. The van der Waals surface area contributed by atoms with Crippen LogP contribution < -0.4 is 5.73 Å². The molecule has 2 aromatic rings. The third kappa shape index (κ3) is 2.70. The van der Waals surface area contributed by atoms with Crippen molar-refractivity contribution in [2.45, 2.75) is 19.3 Å². The zero-order valence-electron chi connectivity index (χ0n) is 9.69. The van der Waals surface area contributed by atoms with E-state index in [2.05, 4.69) is 11.9 Å². The Labute approximate surface area is 104 Å². The molecule has 0 aliphatic rings. The van der Waals surface area contributed by atoms with Gasteiger partial charge >= 0.3 is 0 Å². The van der Waals surface area contributed by atoms with Gasteiger partial charge in [-0.25, -0.2) is 9.37 Å². The predicted octanol–water partition coefficient (Wildman–Crippen LogP) is 3.40. The molecule has 0 aliphatic heterocycles. The average Bonchev–Trinajstić information content (AvgIpc) is 2.80.